The van der Waals surface area contributed by atoms with Gasteiger partial charge in [0.15, 0.2) is 0 Å². The number of benzene rings is 1. The van der Waals surface area contributed by atoms with Crippen molar-refractivity contribution in [2.75, 3.05) is 13.7 Å². The molecule has 4 nitrogen and oxygen atoms in total. The lowest BCUT2D eigenvalue weighted by Gasteiger charge is -2.11. The Bertz CT molecular complexity index is 423. The summed E-state index contributed by atoms with van der Waals surface area (Å²) in [5, 5.41) is 0. The van der Waals surface area contributed by atoms with Crippen LogP contribution in [0.25, 0.3) is 0 Å². The van der Waals surface area contributed by atoms with Crippen molar-refractivity contribution in [1.82, 2.24) is 0 Å². The first-order valence-corrected chi connectivity index (χ1v) is 6.73. The Morgan fingerprint density at radius 2 is 2.00 bits per heavy atom. The second-order valence-electron chi connectivity index (χ2n) is 4.36. The van der Waals surface area contributed by atoms with Crippen molar-refractivity contribution in [3.05, 3.63) is 42.0 Å². The third kappa shape index (κ3) is 6.38. The van der Waals surface area contributed by atoms with Gasteiger partial charge < -0.3 is 14.2 Å². The predicted molar refractivity (Wildman–Crippen MR) is 77.6 cm³/mol. The summed E-state index contributed by atoms with van der Waals surface area (Å²) in [4.78, 5) is 11.1. The van der Waals surface area contributed by atoms with Crippen LogP contribution in [0.2, 0.25) is 0 Å². The molecule has 0 unspecified atom stereocenters. The van der Waals surface area contributed by atoms with Gasteiger partial charge in [0.05, 0.1) is 26.4 Å². The van der Waals surface area contributed by atoms with E-state index >= 15 is 0 Å². The van der Waals surface area contributed by atoms with Gasteiger partial charge in [-0.25, -0.2) is 4.79 Å². The largest absolute Gasteiger partial charge is 0.497 e. The molecule has 0 saturated carbocycles. The molecule has 0 spiro atoms. The lowest BCUT2D eigenvalue weighted by Crippen LogP contribution is -2.07. The van der Waals surface area contributed by atoms with Gasteiger partial charge in [-0.3, -0.25) is 0 Å². The average molecular weight is 278 g/mol. The molecule has 1 rings (SSSR count). The molecule has 0 radical (unpaired) electrons. The maximum atomic E-state index is 11.1. The molecule has 110 valence electrons. The van der Waals surface area contributed by atoms with Crippen LogP contribution >= 0.6 is 0 Å². The summed E-state index contributed by atoms with van der Waals surface area (Å²) in [6.45, 7) is 4.69. The van der Waals surface area contributed by atoms with Crippen LogP contribution < -0.4 is 4.74 Å². The van der Waals surface area contributed by atoms with Crippen molar-refractivity contribution < 1.29 is 19.0 Å². The van der Waals surface area contributed by atoms with Crippen LogP contribution in [0.1, 0.15) is 25.8 Å². The summed E-state index contributed by atoms with van der Waals surface area (Å²) in [6, 6.07) is 7.76. The van der Waals surface area contributed by atoms with Gasteiger partial charge in [0.25, 0.3) is 0 Å². The van der Waals surface area contributed by atoms with Gasteiger partial charge in [0.1, 0.15) is 5.75 Å². The zero-order valence-electron chi connectivity index (χ0n) is 12.3. The number of esters is 1. The van der Waals surface area contributed by atoms with Crippen molar-refractivity contribution >= 4 is 5.97 Å². The van der Waals surface area contributed by atoms with Gasteiger partial charge in [-0.2, -0.15) is 0 Å². The standard InChI is InChI=1S/C16H22O4/c1-4-19-16(17)7-5-6-13(2)20-12-14-8-10-15(18-3)11-9-14/h5,7-11,13H,4,6,12H2,1-3H3/b7-5+/t13-/m0/s1. The number of rotatable bonds is 8. The first-order valence-electron chi connectivity index (χ1n) is 6.73. The van der Waals surface area contributed by atoms with E-state index in [4.69, 9.17) is 14.2 Å². The monoisotopic (exact) mass is 278 g/mol. The van der Waals surface area contributed by atoms with E-state index in [0.29, 0.717) is 19.6 Å². The molecule has 1 atom stereocenters. The van der Waals surface area contributed by atoms with Gasteiger partial charge in [-0.05, 0) is 38.0 Å². The molecule has 0 N–H and O–H groups in total. The Morgan fingerprint density at radius 3 is 2.60 bits per heavy atom. The maximum absolute atomic E-state index is 11.1. The van der Waals surface area contributed by atoms with E-state index in [-0.39, 0.29) is 12.1 Å². The lowest BCUT2D eigenvalue weighted by atomic mass is 10.2. The molecule has 20 heavy (non-hydrogen) atoms. The van der Waals surface area contributed by atoms with E-state index in [1.54, 1.807) is 20.1 Å². The molecule has 0 amide bonds. The molecular formula is C16H22O4. The highest BCUT2D eigenvalue weighted by atomic mass is 16.5. The number of ether oxygens (including phenoxy) is 3. The molecule has 0 aromatic heterocycles. The van der Waals surface area contributed by atoms with Crippen LogP contribution in [0.4, 0.5) is 0 Å². The highest BCUT2D eigenvalue weighted by Gasteiger charge is 2.02. The van der Waals surface area contributed by atoms with E-state index in [1.807, 2.05) is 31.2 Å². The zero-order chi connectivity index (χ0) is 14.8. The van der Waals surface area contributed by atoms with Gasteiger partial charge in [-0.1, -0.05) is 18.2 Å². The summed E-state index contributed by atoms with van der Waals surface area (Å²) >= 11 is 0. The van der Waals surface area contributed by atoms with E-state index in [2.05, 4.69) is 0 Å². The topological polar surface area (TPSA) is 44.8 Å². The third-order valence-electron chi connectivity index (χ3n) is 2.70. The molecule has 0 fully saturated rings. The Hall–Kier alpha value is -1.81. The smallest absolute Gasteiger partial charge is 0.330 e. The van der Waals surface area contributed by atoms with E-state index in [1.165, 1.54) is 6.08 Å². The van der Waals surface area contributed by atoms with E-state index < -0.39 is 0 Å². The SMILES string of the molecule is CCOC(=O)/C=C/C[C@H](C)OCc1ccc(OC)cc1. The quantitative estimate of drug-likeness (QED) is 0.541. The van der Waals surface area contributed by atoms with Crippen molar-refractivity contribution in [3.63, 3.8) is 0 Å². The summed E-state index contributed by atoms with van der Waals surface area (Å²) in [5.74, 6) is 0.522. The number of hydrogen-bond donors (Lipinski definition) is 0. The van der Waals surface area contributed by atoms with Crippen LogP contribution in [-0.4, -0.2) is 25.8 Å². The van der Waals surface area contributed by atoms with Crippen LogP contribution in [0.15, 0.2) is 36.4 Å². The second kappa shape index (κ2) is 9.15. The number of carbonyl (C=O) groups excluding carboxylic acids is 1. The van der Waals surface area contributed by atoms with Gasteiger partial charge in [0.2, 0.25) is 0 Å². The first kappa shape index (κ1) is 16.2. The van der Waals surface area contributed by atoms with Crippen LogP contribution in [0, 0.1) is 0 Å². The molecule has 0 aliphatic rings. The number of carbonyl (C=O) groups is 1. The first-order chi connectivity index (χ1) is 9.65. The van der Waals surface area contributed by atoms with E-state index in [0.717, 1.165) is 11.3 Å². The molecule has 4 heteroatoms. The van der Waals surface area contributed by atoms with Crippen LogP contribution in [-0.2, 0) is 20.9 Å². The minimum atomic E-state index is -0.310. The predicted octanol–water partition coefficient (Wildman–Crippen LogP) is 3.11. The fourth-order valence-corrected chi connectivity index (χ4v) is 1.57. The van der Waals surface area contributed by atoms with Gasteiger partial charge in [0, 0.05) is 6.08 Å². The molecule has 0 aliphatic carbocycles. The summed E-state index contributed by atoms with van der Waals surface area (Å²) in [5.41, 5.74) is 1.09. The Labute approximate surface area is 120 Å². The van der Waals surface area contributed by atoms with Gasteiger partial charge >= 0.3 is 5.97 Å². The summed E-state index contributed by atoms with van der Waals surface area (Å²) < 4.78 is 15.6. The van der Waals surface area contributed by atoms with Crippen molar-refractivity contribution in [3.8, 4) is 5.75 Å². The van der Waals surface area contributed by atoms with Crippen LogP contribution in [0.3, 0.4) is 0 Å². The fraction of sp³-hybridized carbons (Fsp3) is 0.438. The maximum Gasteiger partial charge on any atom is 0.330 e. The van der Waals surface area contributed by atoms with E-state index in [9.17, 15) is 4.79 Å². The fourth-order valence-electron chi connectivity index (χ4n) is 1.57. The van der Waals surface area contributed by atoms with Crippen molar-refractivity contribution in [2.24, 2.45) is 0 Å². The molecular weight excluding hydrogens is 256 g/mol. The average Bonchev–Trinajstić information content (AvgIpc) is 2.46. The number of hydrogen-bond acceptors (Lipinski definition) is 4. The molecule has 0 bridgehead atoms. The van der Waals surface area contributed by atoms with Crippen LogP contribution in [0.5, 0.6) is 5.75 Å². The third-order valence-corrected chi connectivity index (χ3v) is 2.70. The second-order valence-corrected chi connectivity index (χ2v) is 4.36. The highest BCUT2D eigenvalue weighted by molar-refractivity contribution is 5.81. The Morgan fingerprint density at radius 1 is 1.30 bits per heavy atom. The molecule has 1 aromatic carbocycles. The molecule has 0 saturated heterocycles. The summed E-state index contributed by atoms with van der Waals surface area (Å²) in [6.07, 6.45) is 3.94. The summed E-state index contributed by atoms with van der Waals surface area (Å²) in [7, 11) is 1.64. The lowest BCUT2D eigenvalue weighted by molar-refractivity contribution is -0.137. The van der Waals surface area contributed by atoms with Gasteiger partial charge in [-0.15, -0.1) is 0 Å². The van der Waals surface area contributed by atoms with Crippen molar-refractivity contribution in [1.29, 1.82) is 0 Å². The highest BCUT2D eigenvalue weighted by Crippen LogP contribution is 2.13. The molecule has 0 aliphatic heterocycles. The Kier molecular flexibility index (Phi) is 7.43. The zero-order valence-corrected chi connectivity index (χ0v) is 12.3. The number of methoxy groups -OCH3 is 1. The normalized spacial score (nSPS) is 12.3. The molecule has 0 heterocycles. The minimum absolute atomic E-state index is 0.0442. The molecule has 1 aromatic rings. The minimum Gasteiger partial charge on any atom is -0.497 e. The van der Waals surface area contributed by atoms with Crippen molar-refractivity contribution in [2.45, 2.75) is 33.0 Å². The Balaban J connectivity index is 2.28.